The molecule has 3 aromatic rings. The fourth-order valence-electron chi connectivity index (χ4n) is 5.18. The molecule has 182 valence electrons. The molecule has 0 spiro atoms. The minimum absolute atomic E-state index is 0.122. The van der Waals surface area contributed by atoms with Gasteiger partial charge in [-0.25, -0.2) is 4.98 Å². The van der Waals surface area contributed by atoms with E-state index >= 15 is 0 Å². The first kappa shape index (κ1) is 23.4. The van der Waals surface area contributed by atoms with Crippen LogP contribution in [0, 0.1) is 0 Å². The second-order valence-electron chi connectivity index (χ2n) is 9.54. The lowest BCUT2D eigenvalue weighted by Crippen LogP contribution is -2.45. The standard InChI is InChI=1S/C29H34N4O2/c30-28-27(35-19-14-22-6-2-1-3-7-22)20-25(21-31-28)23-8-10-24(11-9-23)29(34)33-17-12-26(13-18-33)32-15-4-5-16-32/h1-3,6-11,20-21,26H,4-5,12-19H2,(H2,30,31). The van der Waals surface area contributed by atoms with Crippen LogP contribution in [0.15, 0.2) is 66.9 Å². The lowest BCUT2D eigenvalue weighted by molar-refractivity contribution is 0.0644. The lowest BCUT2D eigenvalue weighted by Gasteiger charge is -2.36. The highest BCUT2D eigenvalue weighted by Crippen LogP contribution is 2.28. The molecule has 6 heteroatoms. The predicted octanol–water partition coefficient (Wildman–Crippen LogP) is 4.65. The SMILES string of the molecule is Nc1ncc(-c2ccc(C(=O)N3CCC(N4CCCC4)CC3)cc2)cc1OCCc1ccccc1. The summed E-state index contributed by atoms with van der Waals surface area (Å²) in [5.74, 6) is 1.09. The number of aromatic nitrogens is 1. The van der Waals surface area contributed by atoms with Crippen molar-refractivity contribution in [1.29, 1.82) is 0 Å². The number of carbonyl (C=O) groups excluding carboxylic acids is 1. The van der Waals surface area contributed by atoms with Crippen molar-refractivity contribution < 1.29 is 9.53 Å². The van der Waals surface area contributed by atoms with Crippen LogP contribution in [-0.2, 0) is 6.42 Å². The highest BCUT2D eigenvalue weighted by molar-refractivity contribution is 5.94. The molecule has 35 heavy (non-hydrogen) atoms. The zero-order valence-electron chi connectivity index (χ0n) is 20.2. The van der Waals surface area contributed by atoms with Gasteiger partial charge in [0.25, 0.3) is 5.91 Å². The largest absolute Gasteiger partial charge is 0.489 e. The number of nitrogen functional groups attached to an aromatic ring is 1. The highest BCUT2D eigenvalue weighted by Gasteiger charge is 2.28. The summed E-state index contributed by atoms with van der Waals surface area (Å²) in [6.07, 6.45) is 7.34. The number of benzene rings is 2. The molecule has 0 unspecified atom stereocenters. The third-order valence-electron chi connectivity index (χ3n) is 7.25. The molecule has 2 aliphatic heterocycles. The van der Waals surface area contributed by atoms with Crippen LogP contribution in [0.3, 0.4) is 0 Å². The Morgan fingerprint density at radius 1 is 0.943 bits per heavy atom. The normalized spacial score (nSPS) is 17.0. The van der Waals surface area contributed by atoms with Crippen LogP contribution in [0.4, 0.5) is 5.82 Å². The van der Waals surface area contributed by atoms with Crippen molar-refractivity contribution in [3.63, 3.8) is 0 Å². The molecule has 1 aromatic heterocycles. The molecule has 5 rings (SSSR count). The van der Waals surface area contributed by atoms with Gasteiger partial charge in [0.2, 0.25) is 0 Å². The number of pyridine rings is 1. The Balaban J connectivity index is 1.19. The molecule has 2 saturated heterocycles. The number of rotatable bonds is 7. The Labute approximate surface area is 207 Å². The summed E-state index contributed by atoms with van der Waals surface area (Å²) in [4.78, 5) is 22.0. The first-order valence-electron chi connectivity index (χ1n) is 12.7. The van der Waals surface area contributed by atoms with Gasteiger partial charge >= 0.3 is 0 Å². The zero-order valence-corrected chi connectivity index (χ0v) is 20.2. The lowest BCUT2D eigenvalue weighted by atomic mass is 10.0. The van der Waals surface area contributed by atoms with E-state index in [2.05, 4.69) is 22.0 Å². The van der Waals surface area contributed by atoms with Gasteiger partial charge in [0.1, 0.15) is 0 Å². The molecule has 0 bridgehead atoms. The fraction of sp³-hybridized carbons (Fsp3) is 0.379. The fourth-order valence-corrected chi connectivity index (χ4v) is 5.18. The summed E-state index contributed by atoms with van der Waals surface area (Å²) in [5, 5.41) is 0. The molecule has 2 aromatic carbocycles. The molecule has 0 radical (unpaired) electrons. The molecule has 0 atom stereocenters. The number of carbonyl (C=O) groups is 1. The number of nitrogens with two attached hydrogens (primary N) is 1. The highest BCUT2D eigenvalue weighted by atomic mass is 16.5. The molecule has 0 saturated carbocycles. The van der Waals surface area contributed by atoms with Gasteiger partial charge in [-0.05, 0) is 68.1 Å². The minimum atomic E-state index is 0.122. The topological polar surface area (TPSA) is 71.7 Å². The summed E-state index contributed by atoms with van der Waals surface area (Å²) < 4.78 is 5.94. The Kier molecular flexibility index (Phi) is 7.28. The average Bonchev–Trinajstić information content (AvgIpc) is 3.45. The van der Waals surface area contributed by atoms with E-state index in [1.807, 2.05) is 53.4 Å². The van der Waals surface area contributed by atoms with Crippen molar-refractivity contribution in [2.45, 2.75) is 38.1 Å². The maximum atomic E-state index is 13.1. The summed E-state index contributed by atoms with van der Waals surface area (Å²) in [7, 11) is 0. The number of amides is 1. The van der Waals surface area contributed by atoms with E-state index in [4.69, 9.17) is 10.5 Å². The molecule has 1 amide bonds. The van der Waals surface area contributed by atoms with Crippen LogP contribution in [0.5, 0.6) is 5.75 Å². The van der Waals surface area contributed by atoms with Crippen LogP contribution in [0.2, 0.25) is 0 Å². The molecule has 0 aliphatic carbocycles. The maximum absolute atomic E-state index is 13.1. The van der Waals surface area contributed by atoms with Crippen LogP contribution < -0.4 is 10.5 Å². The van der Waals surface area contributed by atoms with Gasteiger partial charge in [-0.2, -0.15) is 0 Å². The van der Waals surface area contributed by atoms with E-state index in [1.54, 1.807) is 6.20 Å². The molecule has 6 nitrogen and oxygen atoms in total. The van der Waals surface area contributed by atoms with Crippen molar-refractivity contribution >= 4 is 11.7 Å². The molecule has 2 aliphatic rings. The van der Waals surface area contributed by atoms with Gasteiger partial charge in [-0.15, -0.1) is 0 Å². The number of anilines is 1. The number of piperidine rings is 1. The number of hydrogen-bond donors (Lipinski definition) is 1. The number of ether oxygens (including phenoxy) is 1. The average molecular weight is 471 g/mol. The Bertz CT molecular complexity index is 1120. The van der Waals surface area contributed by atoms with E-state index in [1.165, 1.54) is 31.5 Å². The third kappa shape index (κ3) is 5.65. The summed E-state index contributed by atoms with van der Waals surface area (Å²) in [6.45, 7) is 4.65. The van der Waals surface area contributed by atoms with Crippen LogP contribution in [0.25, 0.3) is 11.1 Å². The van der Waals surface area contributed by atoms with Gasteiger partial charge < -0.3 is 20.3 Å². The Morgan fingerprint density at radius 3 is 2.37 bits per heavy atom. The van der Waals surface area contributed by atoms with E-state index in [-0.39, 0.29) is 5.91 Å². The monoisotopic (exact) mass is 470 g/mol. The summed E-state index contributed by atoms with van der Waals surface area (Å²) >= 11 is 0. The van der Waals surface area contributed by atoms with E-state index in [0.29, 0.717) is 24.2 Å². The second kappa shape index (κ2) is 10.9. The van der Waals surface area contributed by atoms with Crippen LogP contribution in [-0.4, -0.2) is 59.5 Å². The predicted molar refractivity (Wildman–Crippen MR) is 139 cm³/mol. The molecule has 2 fully saturated rings. The van der Waals surface area contributed by atoms with E-state index in [0.717, 1.165) is 49.0 Å². The van der Waals surface area contributed by atoms with Gasteiger partial charge in [0.05, 0.1) is 6.61 Å². The van der Waals surface area contributed by atoms with Crippen molar-refractivity contribution in [2.24, 2.45) is 0 Å². The number of hydrogen-bond acceptors (Lipinski definition) is 5. The summed E-state index contributed by atoms with van der Waals surface area (Å²) in [6, 6.07) is 20.6. The maximum Gasteiger partial charge on any atom is 0.253 e. The van der Waals surface area contributed by atoms with E-state index < -0.39 is 0 Å². The van der Waals surface area contributed by atoms with E-state index in [9.17, 15) is 4.79 Å². The minimum Gasteiger partial charge on any atom is -0.489 e. The molecular formula is C29H34N4O2. The van der Waals surface area contributed by atoms with Crippen LogP contribution >= 0.6 is 0 Å². The van der Waals surface area contributed by atoms with Gasteiger partial charge in [-0.1, -0.05) is 42.5 Å². The number of likely N-dealkylation sites (tertiary alicyclic amines) is 2. The molecule has 2 N–H and O–H groups in total. The molecular weight excluding hydrogens is 436 g/mol. The zero-order chi connectivity index (χ0) is 24.0. The first-order chi connectivity index (χ1) is 17.2. The van der Waals surface area contributed by atoms with Crippen LogP contribution in [0.1, 0.15) is 41.6 Å². The van der Waals surface area contributed by atoms with Crippen molar-refractivity contribution in [2.75, 3.05) is 38.5 Å². The van der Waals surface area contributed by atoms with Crippen molar-refractivity contribution in [3.8, 4) is 16.9 Å². The molecule has 3 heterocycles. The number of nitrogens with zero attached hydrogens (tertiary/aromatic N) is 3. The van der Waals surface area contributed by atoms with Gasteiger partial charge in [-0.3, -0.25) is 4.79 Å². The third-order valence-corrected chi connectivity index (χ3v) is 7.25. The smallest absolute Gasteiger partial charge is 0.253 e. The summed E-state index contributed by atoms with van der Waals surface area (Å²) in [5.41, 5.74) is 9.90. The second-order valence-corrected chi connectivity index (χ2v) is 9.54. The Hall–Kier alpha value is -3.38. The van der Waals surface area contributed by atoms with Crippen molar-refractivity contribution in [1.82, 2.24) is 14.8 Å². The van der Waals surface area contributed by atoms with Crippen molar-refractivity contribution in [3.05, 3.63) is 78.0 Å². The quantitative estimate of drug-likeness (QED) is 0.544. The Morgan fingerprint density at radius 2 is 1.66 bits per heavy atom. The first-order valence-corrected chi connectivity index (χ1v) is 12.7. The van der Waals surface area contributed by atoms with Gasteiger partial charge in [0, 0.05) is 42.9 Å². The van der Waals surface area contributed by atoms with Gasteiger partial charge in [0.15, 0.2) is 11.6 Å².